The molecule has 0 radical (unpaired) electrons. The molecule has 4 rings (SSSR count). The molecule has 6 nitrogen and oxygen atoms in total. The van der Waals surface area contributed by atoms with Crippen molar-refractivity contribution in [3.8, 4) is 0 Å². The van der Waals surface area contributed by atoms with Crippen molar-refractivity contribution in [1.82, 2.24) is 9.21 Å². The number of carbonyl (C=O) groups is 1. The quantitative estimate of drug-likeness (QED) is 0.483. The van der Waals surface area contributed by atoms with Crippen LogP contribution in [0.5, 0.6) is 0 Å². The second kappa shape index (κ2) is 10.1. The topological polar surface area (TPSA) is 83.7 Å². The normalized spacial score (nSPS) is 15.7. The van der Waals surface area contributed by atoms with Crippen molar-refractivity contribution in [1.29, 1.82) is 0 Å². The Morgan fingerprint density at radius 3 is 2.11 bits per heavy atom. The van der Waals surface area contributed by atoms with Crippen LogP contribution in [0.3, 0.4) is 0 Å². The van der Waals surface area contributed by atoms with Crippen molar-refractivity contribution in [3.63, 3.8) is 0 Å². The van der Waals surface area contributed by atoms with Crippen LogP contribution in [0.4, 0.5) is 0 Å². The van der Waals surface area contributed by atoms with Gasteiger partial charge in [-0.05, 0) is 53.1 Å². The highest BCUT2D eigenvalue weighted by Crippen LogP contribution is 2.34. The minimum absolute atomic E-state index is 0.101. The molecule has 36 heavy (non-hydrogen) atoms. The molecule has 8 heteroatoms. The molecule has 1 amide bonds. The van der Waals surface area contributed by atoms with E-state index in [1.165, 1.54) is 4.31 Å². The number of hydrogen-bond acceptors (Lipinski definition) is 4. The molecule has 0 saturated carbocycles. The van der Waals surface area contributed by atoms with Crippen LogP contribution < -0.4 is 5.73 Å². The molecule has 1 aliphatic heterocycles. The summed E-state index contributed by atoms with van der Waals surface area (Å²) in [6.07, 6.45) is 0. The van der Waals surface area contributed by atoms with Crippen LogP contribution in [0.15, 0.2) is 65.6 Å². The van der Waals surface area contributed by atoms with E-state index < -0.39 is 15.6 Å². The van der Waals surface area contributed by atoms with Gasteiger partial charge in [-0.25, -0.2) is 8.42 Å². The SMILES string of the molecule is CC(C)C(N)(c1ccc(C(=O)N2CCN(S(=O)(=O)c3ccc4c(Cl)cccc4c3)CC2)cc1)C(C)C. The first kappa shape index (κ1) is 26.6. The van der Waals surface area contributed by atoms with Gasteiger partial charge in [0.25, 0.3) is 5.91 Å². The van der Waals surface area contributed by atoms with Gasteiger partial charge in [0.15, 0.2) is 0 Å². The van der Waals surface area contributed by atoms with Crippen molar-refractivity contribution < 1.29 is 13.2 Å². The highest BCUT2D eigenvalue weighted by Gasteiger charge is 2.35. The third kappa shape index (κ3) is 4.77. The summed E-state index contributed by atoms with van der Waals surface area (Å²) in [4.78, 5) is 15.1. The van der Waals surface area contributed by atoms with Crippen LogP contribution in [0.25, 0.3) is 10.8 Å². The van der Waals surface area contributed by atoms with Crippen molar-refractivity contribution in [2.75, 3.05) is 26.2 Å². The molecule has 0 aromatic heterocycles. The van der Waals surface area contributed by atoms with Crippen LogP contribution in [0.2, 0.25) is 5.02 Å². The molecule has 1 saturated heterocycles. The standard InChI is InChI=1S/C28H34ClN3O3S/c1-19(2)28(30,20(3)4)23-10-8-21(9-11-23)27(33)31-14-16-32(17-15-31)36(34,35)24-12-13-25-22(18-24)6-5-7-26(25)29/h5-13,18-20H,14-17,30H2,1-4H3. The maximum absolute atomic E-state index is 13.3. The molecular weight excluding hydrogens is 494 g/mol. The maximum Gasteiger partial charge on any atom is 0.253 e. The molecule has 0 unspecified atom stereocenters. The van der Waals surface area contributed by atoms with E-state index in [2.05, 4.69) is 27.7 Å². The second-order valence-corrected chi connectivity index (χ2v) is 12.5. The Hall–Kier alpha value is -2.45. The van der Waals surface area contributed by atoms with Gasteiger partial charge >= 0.3 is 0 Å². The molecule has 0 spiro atoms. The number of sulfonamides is 1. The van der Waals surface area contributed by atoms with Crippen molar-refractivity contribution in [2.24, 2.45) is 17.6 Å². The lowest BCUT2D eigenvalue weighted by molar-refractivity contribution is 0.0698. The Morgan fingerprint density at radius 1 is 0.917 bits per heavy atom. The van der Waals surface area contributed by atoms with E-state index in [-0.39, 0.29) is 35.7 Å². The van der Waals surface area contributed by atoms with E-state index in [0.29, 0.717) is 23.7 Å². The van der Waals surface area contributed by atoms with Crippen LogP contribution >= 0.6 is 11.6 Å². The highest BCUT2D eigenvalue weighted by molar-refractivity contribution is 7.89. The Labute approximate surface area is 219 Å². The number of fused-ring (bicyclic) bond motifs is 1. The Kier molecular flexibility index (Phi) is 7.49. The van der Waals surface area contributed by atoms with Crippen LogP contribution in [-0.2, 0) is 15.6 Å². The largest absolute Gasteiger partial charge is 0.336 e. The highest BCUT2D eigenvalue weighted by atomic mass is 35.5. The van der Waals surface area contributed by atoms with E-state index >= 15 is 0 Å². The number of nitrogens with two attached hydrogens (primary N) is 1. The zero-order valence-electron chi connectivity index (χ0n) is 21.2. The molecule has 0 aliphatic carbocycles. The van der Waals surface area contributed by atoms with E-state index in [4.69, 9.17) is 17.3 Å². The van der Waals surface area contributed by atoms with Crippen molar-refractivity contribution in [3.05, 3.63) is 76.8 Å². The van der Waals surface area contributed by atoms with Crippen LogP contribution in [0.1, 0.15) is 43.6 Å². The average molecular weight is 528 g/mol. The second-order valence-electron chi connectivity index (χ2n) is 10.1. The zero-order valence-corrected chi connectivity index (χ0v) is 22.8. The van der Waals surface area contributed by atoms with Crippen molar-refractivity contribution in [2.45, 2.75) is 38.1 Å². The summed E-state index contributed by atoms with van der Waals surface area (Å²) in [6.45, 7) is 9.59. The zero-order chi connectivity index (χ0) is 26.3. The van der Waals surface area contributed by atoms with Gasteiger partial charge in [0.1, 0.15) is 0 Å². The Morgan fingerprint density at radius 2 is 1.53 bits per heavy atom. The minimum Gasteiger partial charge on any atom is -0.336 e. The number of rotatable bonds is 6. The average Bonchev–Trinajstić information content (AvgIpc) is 2.87. The minimum atomic E-state index is -3.68. The van der Waals surface area contributed by atoms with E-state index in [9.17, 15) is 13.2 Å². The van der Waals surface area contributed by atoms with Gasteiger partial charge in [-0.2, -0.15) is 4.31 Å². The fourth-order valence-electron chi connectivity index (χ4n) is 5.08. The van der Waals surface area contributed by atoms with Gasteiger partial charge in [0, 0.05) is 47.7 Å². The van der Waals surface area contributed by atoms with E-state index in [1.807, 2.05) is 30.3 Å². The molecule has 2 N–H and O–H groups in total. The summed E-state index contributed by atoms with van der Waals surface area (Å²) in [7, 11) is -3.68. The molecule has 0 bridgehead atoms. The summed E-state index contributed by atoms with van der Waals surface area (Å²) in [5.41, 5.74) is 7.87. The number of carbonyl (C=O) groups excluding carboxylic acids is 1. The van der Waals surface area contributed by atoms with Gasteiger partial charge in [-0.15, -0.1) is 0 Å². The van der Waals surface area contributed by atoms with Gasteiger partial charge in [0.2, 0.25) is 10.0 Å². The predicted octanol–water partition coefficient (Wildman–Crippen LogP) is 5.11. The fraction of sp³-hybridized carbons (Fsp3) is 0.393. The molecule has 1 aliphatic rings. The molecule has 0 atom stereocenters. The number of piperazine rings is 1. The maximum atomic E-state index is 13.3. The lowest BCUT2D eigenvalue weighted by Crippen LogP contribution is -2.50. The summed E-state index contributed by atoms with van der Waals surface area (Å²) in [6, 6.07) is 18.0. The lowest BCUT2D eigenvalue weighted by Gasteiger charge is -2.38. The number of halogens is 1. The molecular formula is C28H34ClN3O3S. The third-order valence-electron chi connectivity index (χ3n) is 7.50. The first-order valence-electron chi connectivity index (χ1n) is 12.3. The molecule has 3 aromatic carbocycles. The van der Waals surface area contributed by atoms with Gasteiger partial charge in [-0.3, -0.25) is 4.79 Å². The molecule has 3 aromatic rings. The van der Waals surface area contributed by atoms with Gasteiger partial charge < -0.3 is 10.6 Å². The van der Waals surface area contributed by atoms with Crippen LogP contribution in [-0.4, -0.2) is 49.7 Å². The van der Waals surface area contributed by atoms with Gasteiger partial charge in [0.05, 0.1) is 4.90 Å². The molecule has 1 heterocycles. The molecule has 192 valence electrons. The summed E-state index contributed by atoms with van der Waals surface area (Å²) in [5.74, 6) is 0.387. The third-order valence-corrected chi connectivity index (χ3v) is 9.73. The smallest absolute Gasteiger partial charge is 0.253 e. The van der Waals surface area contributed by atoms with Crippen LogP contribution in [0, 0.1) is 11.8 Å². The van der Waals surface area contributed by atoms with Gasteiger partial charge in [-0.1, -0.05) is 69.6 Å². The monoisotopic (exact) mass is 527 g/mol. The summed E-state index contributed by atoms with van der Waals surface area (Å²) < 4.78 is 28.0. The lowest BCUT2D eigenvalue weighted by atomic mass is 9.73. The first-order chi connectivity index (χ1) is 17.0. The van der Waals surface area contributed by atoms with E-state index in [1.54, 1.807) is 35.2 Å². The Bertz CT molecular complexity index is 1350. The predicted molar refractivity (Wildman–Crippen MR) is 146 cm³/mol. The van der Waals surface area contributed by atoms with E-state index in [0.717, 1.165) is 16.3 Å². The first-order valence-corrected chi connectivity index (χ1v) is 14.1. The number of amides is 1. The van der Waals surface area contributed by atoms with Crippen molar-refractivity contribution >= 4 is 38.3 Å². The summed E-state index contributed by atoms with van der Waals surface area (Å²) in [5, 5.41) is 2.17. The number of hydrogen-bond donors (Lipinski definition) is 1. The molecule has 1 fully saturated rings. The number of benzene rings is 3. The fourth-order valence-corrected chi connectivity index (χ4v) is 6.78. The number of nitrogens with zero attached hydrogens (tertiary/aromatic N) is 2. The summed E-state index contributed by atoms with van der Waals surface area (Å²) >= 11 is 6.22. The Balaban J connectivity index is 1.45.